The van der Waals surface area contributed by atoms with Gasteiger partial charge in [0, 0.05) is 35.7 Å². The SMILES string of the molecule is Cc1ccc(-n2c(C)cc(C(=O)COC(=O)C3CCN(C(=O)c4ccco4)CC3)c2C)cc1C. The molecule has 0 atom stereocenters. The van der Waals surface area contributed by atoms with Gasteiger partial charge < -0.3 is 18.6 Å². The summed E-state index contributed by atoms with van der Waals surface area (Å²) < 4.78 is 12.6. The minimum absolute atomic E-state index is 0.175. The second-order valence-corrected chi connectivity index (χ2v) is 8.96. The highest BCUT2D eigenvalue weighted by molar-refractivity contribution is 5.99. The Balaban J connectivity index is 1.35. The van der Waals surface area contributed by atoms with Crippen molar-refractivity contribution in [2.75, 3.05) is 19.7 Å². The van der Waals surface area contributed by atoms with E-state index in [0.29, 0.717) is 37.3 Å². The Morgan fingerprint density at radius 2 is 1.74 bits per heavy atom. The van der Waals surface area contributed by atoms with Crippen LogP contribution in [0.3, 0.4) is 0 Å². The van der Waals surface area contributed by atoms with Gasteiger partial charge in [-0.15, -0.1) is 0 Å². The lowest BCUT2D eigenvalue weighted by molar-refractivity contribution is -0.148. The molecule has 3 aromatic rings. The Bertz CT molecular complexity index is 1210. The second-order valence-electron chi connectivity index (χ2n) is 8.96. The molecule has 0 bridgehead atoms. The number of ether oxygens (including phenoxy) is 1. The number of nitrogens with zero attached hydrogens (tertiary/aromatic N) is 2. The Kier molecular flexibility index (Phi) is 6.72. The first kappa shape index (κ1) is 23.5. The average Bonchev–Trinajstić information content (AvgIpc) is 3.47. The third-order valence-corrected chi connectivity index (χ3v) is 6.67. The number of amides is 1. The van der Waals surface area contributed by atoms with Crippen molar-refractivity contribution in [1.29, 1.82) is 0 Å². The first-order chi connectivity index (χ1) is 16.3. The Morgan fingerprint density at radius 3 is 2.38 bits per heavy atom. The van der Waals surface area contributed by atoms with Crippen molar-refractivity contribution in [2.45, 2.75) is 40.5 Å². The van der Waals surface area contributed by atoms with Gasteiger partial charge in [-0.25, -0.2) is 0 Å². The summed E-state index contributed by atoms with van der Waals surface area (Å²) >= 11 is 0. The van der Waals surface area contributed by atoms with Gasteiger partial charge in [0.05, 0.1) is 12.2 Å². The van der Waals surface area contributed by atoms with Gasteiger partial charge in [-0.1, -0.05) is 6.07 Å². The third-order valence-electron chi connectivity index (χ3n) is 6.67. The molecule has 4 rings (SSSR count). The predicted molar refractivity (Wildman–Crippen MR) is 127 cm³/mol. The van der Waals surface area contributed by atoms with Gasteiger partial charge in [-0.3, -0.25) is 14.4 Å². The summed E-state index contributed by atoms with van der Waals surface area (Å²) in [5, 5.41) is 0. The lowest BCUT2D eigenvalue weighted by Gasteiger charge is -2.30. The number of Topliss-reactive ketones (excluding diaryl/α,β-unsaturated/α-hetero) is 1. The molecule has 178 valence electrons. The summed E-state index contributed by atoms with van der Waals surface area (Å²) in [5.41, 5.74) is 5.73. The fraction of sp³-hybridized carbons (Fsp3) is 0.370. The summed E-state index contributed by atoms with van der Waals surface area (Å²) in [6.07, 6.45) is 2.47. The number of esters is 1. The predicted octanol–water partition coefficient (Wildman–Crippen LogP) is 4.58. The number of furan rings is 1. The van der Waals surface area contributed by atoms with E-state index in [-0.39, 0.29) is 30.2 Å². The smallest absolute Gasteiger partial charge is 0.309 e. The molecule has 1 saturated heterocycles. The van der Waals surface area contributed by atoms with E-state index in [2.05, 4.69) is 26.0 Å². The van der Waals surface area contributed by atoms with Crippen LogP contribution in [0.2, 0.25) is 0 Å². The van der Waals surface area contributed by atoms with Crippen LogP contribution in [0.5, 0.6) is 0 Å². The molecule has 7 heteroatoms. The van der Waals surface area contributed by atoms with Gasteiger partial charge in [0.25, 0.3) is 5.91 Å². The molecule has 0 N–H and O–H groups in total. The van der Waals surface area contributed by atoms with Crippen LogP contribution in [0.1, 0.15) is 56.3 Å². The lowest BCUT2D eigenvalue weighted by Crippen LogP contribution is -2.40. The maximum atomic E-state index is 12.9. The van der Waals surface area contributed by atoms with E-state index in [4.69, 9.17) is 9.15 Å². The van der Waals surface area contributed by atoms with Crippen LogP contribution < -0.4 is 0 Å². The molecule has 0 unspecified atom stereocenters. The third kappa shape index (κ3) is 4.69. The quantitative estimate of drug-likeness (QED) is 0.396. The van der Waals surface area contributed by atoms with E-state index in [9.17, 15) is 14.4 Å². The standard InChI is InChI=1S/C27H30N2O5/c1-17-7-8-22(14-18(17)2)29-19(3)15-23(20(29)4)24(30)16-34-27(32)21-9-11-28(12-10-21)26(31)25-6-5-13-33-25/h5-8,13-15,21H,9-12,16H2,1-4H3. The average molecular weight is 463 g/mol. The number of hydrogen-bond donors (Lipinski definition) is 0. The summed E-state index contributed by atoms with van der Waals surface area (Å²) in [7, 11) is 0. The first-order valence-corrected chi connectivity index (χ1v) is 11.6. The fourth-order valence-corrected chi connectivity index (χ4v) is 4.51. The van der Waals surface area contributed by atoms with Gasteiger partial charge in [0.2, 0.25) is 5.78 Å². The lowest BCUT2D eigenvalue weighted by atomic mass is 9.97. The number of benzene rings is 1. The van der Waals surface area contributed by atoms with E-state index in [1.54, 1.807) is 17.0 Å². The monoisotopic (exact) mass is 462 g/mol. The number of aromatic nitrogens is 1. The molecule has 0 radical (unpaired) electrons. The molecular weight excluding hydrogens is 432 g/mol. The van der Waals surface area contributed by atoms with Crippen LogP contribution in [0, 0.1) is 33.6 Å². The van der Waals surface area contributed by atoms with Crippen LogP contribution in [0.4, 0.5) is 0 Å². The number of aryl methyl sites for hydroxylation is 3. The van der Waals surface area contributed by atoms with Crippen LogP contribution in [-0.4, -0.2) is 46.8 Å². The summed E-state index contributed by atoms with van der Waals surface area (Å²) in [6.45, 7) is 8.61. The minimum atomic E-state index is -0.388. The van der Waals surface area contributed by atoms with Crippen molar-refractivity contribution >= 4 is 17.7 Å². The number of carbonyl (C=O) groups excluding carboxylic acids is 3. The van der Waals surface area contributed by atoms with E-state index in [1.165, 1.54) is 17.4 Å². The van der Waals surface area contributed by atoms with E-state index >= 15 is 0 Å². The van der Waals surface area contributed by atoms with Crippen LogP contribution in [0.25, 0.3) is 5.69 Å². The summed E-state index contributed by atoms with van der Waals surface area (Å²) in [5.74, 6) is -0.809. The number of likely N-dealkylation sites (tertiary alicyclic amines) is 1. The molecule has 0 saturated carbocycles. The van der Waals surface area contributed by atoms with E-state index < -0.39 is 0 Å². The van der Waals surface area contributed by atoms with Crippen molar-refractivity contribution in [3.05, 3.63) is 76.5 Å². The van der Waals surface area contributed by atoms with E-state index in [0.717, 1.165) is 17.1 Å². The van der Waals surface area contributed by atoms with Crippen LogP contribution in [-0.2, 0) is 9.53 Å². The van der Waals surface area contributed by atoms with Crippen LogP contribution in [0.15, 0.2) is 47.1 Å². The number of piperidine rings is 1. The summed E-state index contributed by atoms with van der Waals surface area (Å²) in [6, 6.07) is 11.4. The molecular formula is C27H30N2O5. The molecule has 1 amide bonds. The zero-order chi connectivity index (χ0) is 24.4. The zero-order valence-corrected chi connectivity index (χ0v) is 20.1. The molecule has 1 fully saturated rings. The number of carbonyl (C=O) groups is 3. The molecule has 0 aliphatic carbocycles. The largest absolute Gasteiger partial charge is 0.459 e. The molecule has 7 nitrogen and oxygen atoms in total. The highest BCUT2D eigenvalue weighted by Gasteiger charge is 2.30. The molecule has 1 aliphatic heterocycles. The first-order valence-electron chi connectivity index (χ1n) is 11.6. The molecule has 0 spiro atoms. The Morgan fingerprint density at radius 1 is 1.00 bits per heavy atom. The van der Waals surface area contributed by atoms with Gasteiger partial charge in [-0.2, -0.15) is 0 Å². The van der Waals surface area contributed by atoms with Gasteiger partial charge in [0.15, 0.2) is 12.4 Å². The van der Waals surface area contributed by atoms with E-state index in [1.807, 2.05) is 30.5 Å². The normalized spacial score (nSPS) is 14.3. The fourth-order valence-electron chi connectivity index (χ4n) is 4.51. The highest BCUT2D eigenvalue weighted by Crippen LogP contribution is 2.24. The molecule has 1 aromatic carbocycles. The molecule has 34 heavy (non-hydrogen) atoms. The van der Waals surface area contributed by atoms with Gasteiger partial charge in [-0.05, 0) is 82.0 Å². The number of ketones is 1. The van der Waals surface area contributed by atoms with Crippen molar-refractivity contribution in [3.63, 3.8) is 0 Å². The van der Waals surface area contributed by atoms with Crippen molar-refractivity contribution < 1.29 is 23.5 Å². The molecule has 1 aliphatic rings. The maximum Gasteiger partial charge on any atom is 0.309 e. The highest BCUT2D eigenvalue weighted by atomic mass is 16.5. The second kappa shape index (κ2) is 9.71. The summed E-state index contributed by atoms with van der Waals surface area (Å²) in [4.78, 5) is 39.5. The number of hydrogen-bond acceptors (Lipinski definition) is 5. The number of rotatable bonds is 6. The van der Waals surface area contributed by atoms with Crippen LogP contribution >= 0.6 is 0 Å². The Labute approximate surface area is 199 Å². The van der Waals surface area contributed by atoms with Gasteiger partial charge >= 0.3 is 5.97 Å². The Hall–Kier alpha value is -3.61. The zero-order valence-electron chi connectivity index (χ0n) is 20.1. The van der Waals surface area contributed by atoms with Crippen molar-refractivity contribution in [1.82, 2.24) is 9.47 Å². The maximum absolute atomic E-state index is 12.9. The molecule has 3 heterocycles. The van der Waals surface area contributed by atoms with Gasteiger partial charge in [0.1, 0.15) is 0 Å². The minimum Gasteiger partial charge on any atom is -0.459 e. The van der Waals surface area contributed by atoms with Crippen molar-refractivity contribution in [2.24, 2.45) is 5.92 Å². The van der Waals surface area contributed by atoms with Crippen molar-refractivity contribution in [3.8, 4) is 5.69 Å². The topological polar surface area (TPSA) is 81.8 Å². The molecule has 2 aromatic heterocycles.